The summed E-state index contributed by atoms with van der Waals surface area (Å²) < 4.78 is 13.1. The van der Waals surface area contributed by atoms with E-state index in [0.717, 1.165) is 25.9 Å². The quantitative estimate of drug-likeness (QED) is 0.820. The highest BCUT2D eigenvalue weighted by atomic mass is 19.1. The molecule has 2 N–H and O–H groups in total. The van der Waals surface area contributed by atoms with Gasteiger partial charge in [0.25, 0.3) is 5.91 Å². The molecule has 0 saturated carbocycles. The maximum absolute atomic E-state index is 13.1. The Morgan fingerprint density at radius 1 is 1.56 bits per heavy atom. The first-order chi connectivity index (χ1) is 8.61. The van der Waals surface area contributed by atoms with Crippen molar-refractivity contribution in [1.82, 2.24) is 4.90 Å². The summed E-state index contributed by atoms with van der Waals surface area (Å²) in [6, 6.07) is 4.18. The van der Waals surface area contributed by atoms with Gasteiger partial charge < -0.3 is 10.6 Å². The summed E-state index contributed by atoms with van der Waals surface area (Å²) in [6.45, 7) is 3.73. The van der Waals surface area contributed by atoms with E-state index < -0.39 is 5.82 Å². The van der Waals surface area contributed by atoms with Crippen molar-refractivity contribution < 1.29 is 9.18 Å². The third-order valence-electron chi connectivity index (χ3n) is 3.63. The predicted molar refractivity (Wildman–Crippen MR) is 69.7 cm³/mol. The Morgan fingerprint density at radius 2 is 2.33 bits per heavy atom. The molecule has 2 rings (SSSR count). The van der Waals surface area contributed by atoms with Crippen molar-refractivity contribution in [3.05, 3.63) is 29.6 Å². The molecule has 0 bridgehead atoms. The topological polar surface area (TPSA) is 46.3 Å². The molecule has 1 aliphatic heterocycles. The second kappa shape index (κ2) is 5.38. The molecule has 0 aliphatic carbocycles. The standard InChI is InChI=1S/C14H19FN2O/c1-2-10-4-3-7-17(9-10)14(18)11-5-6-12(15)13(16)8-11/h5-6,8,10H,2-4,7,9,16H2,1H3. The van der Waals surface area contributed by atoms with Crippen molar-refractivity contribution in [2.24, 2.45) is 5.92 Å². The molecule has 98 valence electrons. The van der Waals surface area contributed by atoms with Crippen LogP contribution in [0.2, 0.25) is 0 Å². The Balaban J connectivity index is 2.12. The van der Waals surface area contributed by atoms with Crippen molar-refractivity contribution in [2.45, 2.75) is 26.2 Å². The molecule has 4 heteroatoms. The Bertz CT molecular complexity index is 447. The van der Waals surface area contributed by atoms with Crippen LogP contribution in [0.4, 0.5) is 10.1 Å². The van der Waals surface area contributed by atoms with Gasteiger partial charge in [0.15, 0.2) is 0 Å². The molecule has 0 radical (unpaired) electrons. The Kier molecular flexibility index (Phi) is 3.84. The third kappa shape index (κ3) is 2.63. The van der Waals surface area contributed by atoms with Gasteiger partial charge in [-0.15, -0.1) is 0 Å². The van der Waals surface area contributed by atoms with Gasteiger partial charge in [0, 0.05) is 18.7 Å². The number of carbonyl (C=O) groups is 1. The van der Waals surface area contributed by atoms with E-state index in [0.29, 0.717) is 11.5 Å². The molecule has 0 spiro atoms. The molecule has 1 atom stereocenters. The van der Waals surface area contributed by atoms with Crippen molar-refractivity contribution >= 4 is 11.6 Å². The lowest BCUT2D eigenvalue weighted by Crippen LogP contribution is -2.39. The van der Waals surface area contributed by atoms with E-state index in [1.807, 2.05) is 4.90 Å². The Hall–Kier alpha value is -1.58. The first-order valence-electron chi connectivity index (χ1n) is 6.46. The number of hydrogen-bond donors (Lipinski definition) is 1. The summed E-state index contributed by atoms with van der Waals surface area (Å²) in [4.78, 5) is 14.1. The smallest absolute Gasteiger partial charge is 0.253 e. The number of benzene rings is 1. The molecular formula is C14H19FN2O. The summed E-state index contributed by atoms with van der Waals surface area (Å²) in [5.41, 5.74) is 6.01. The van der Waals surface area contributed by atoms with Gasteiger partial charge in [0.2, 0.25) is 0 Å². The number of nitrogens with two attached hydrogens (primary N) is 1. The monoisotopic (exact) mass is 250 g/mol. The molecule has 1 aliphatic rings. The van der Waals surface area contributed by atoms with Gasteiger partial charge in [-0.25, -0.2) is 4.39 Å². The second-order valence-corrected chi connectivity index (χ2v) is 4.90. The van der Waals surface area contributed by atoms with Gasteiger partial charge in [-0.2, -0.15) is 0 Å². The predicted octanol–water partition coefficient (Wildman–Crippen LogP) is 2.67. The van der Waals surface area contributed by atoms with E-state index in [1.54, 1.807) is 0 Å². The number of hydrogen-bond acceptors (Lipinski definition) is 2. The molecule has 0 aromatic heterocycles. The van der Waals surface area contributed by atoms with Crippen LogP contribution in [0.1, 0.15) is 36.5 Å². The number of nitrogens with zero attached hydrogens (tertiary/aromatic N) is 1. The maximum atomic E-state index is 13.1. The zero-order valence-corrected chi connectivity index (χ0v) is 10.7. The minimum Gasteiger partial charge on any atom is -0.396 e. The van der Waals surface area contributed by atoms with Crippen LogP contribution in [0, 0.1) is 11.7 Å². The van der Waals surface area contributed by atoms with Crippen LogP contribution >= 0.6 is 0 Å². The Morgan fingerprint density at radius 3 is 3.00 bits per heavy atom. The minimum absolute atomic E-state index is 0.0323. The lowest BCUT2D eigenvalue weighted by atomic mass is 9.95. The van der Waals surface area contributed by atoms with Crippen molar-refractivity contribution in [2.75, 3.05) is 18.8 Å². The molecule has 1 unspecified atom stereocenters. The summed E-state index contributed by atoms with van der Waals surface area (Å²) in [5.74, 6) is 0.0666. The van der Waals surface area contributed by atoms with E-state index in [-0.39, 0.29) is 11.6 Å². The number of piperidine rings is 1. The normalized spacial score (nSPS) is 19.9. The molecule has 1 heterocycles. The fourth-order valence-corrected chi connectivity index (χ4v) is 2.44. The highest BCUT2D eigenvalue weighted by molar-refractivity contribution is 5.95. The van der Waals surface area contributed by atoms with Crippen LogP contribution in [0.25, 0.3) is 0 Å². The van der Waals surface area contributed by atoms with Crippen molar-refractivity contribution in [3.8, 4) is 0 Å². The molecule has 3 nitrogen and oxygen atoms in total. The number of carbonyl (C=O) groups excluding carboxylic acids is 1. The number of rotatable bonds is 2. The lowest BCUT2D eigenvalue weighted by molar-refractivity contribution is 0.0671. The molecule has 1 fully saturated rings. The average Bonchev–Trinajstić information content (AvgIpc) is 2.41. The van der Waals surface area contributed by atoms with Gasteiger partial charge in [0.1, 0.15) is 5.82 Å². The van der Waals surface area contributed by atoms with E-state index in [1.165, 1.54) is 24.6 Å². The summed E-state index contributed by atoms with van der Waals surface area (Å²) in [7, 11) is 0. The minimum atomic E-state index is -0.475. The van der Waals surface area contributed by atoms with Crippen molar-refractivity contribution in [1.29, 1.82) is 0 Å². The van der Waals surface area contributed by atoms with Gasteiger partial charge in [0.05, 0.1) is 5.69 Å². The first-order valence-corrected chi connectivity index (χ1v) is 6.46. The summed E-state index contributed by atoms with van der Waals surface area (Å²) >= 11 is 0. The van der Waals surface area contributed by atoms with Crippen LogP contribution in [0.5, 0.6) is 0 Å². The fourth-order valence-electron chi connectivity index (χ4n) is 2.44. The Labute approximate surface area is 107 Å². The number of likely N-dealkylation sites (tertiary alicyclic amines) is 1. The highest BCUT2D eigenvalue weighted by Gasteiger charge is 2.23. The van der Waals surface area contributed by atoms with Crippen LogP contribution in [0.3, 0.4) is 0 Å². The van der Waals surface area contributed by atoms with E-state index in [9.17, 15) is 9.18 Å². The van der Waals surface area contributed by atoms with Gasteiger partial charge in [-0.3, -0.25) is 4.79 Å². The number of nitrogen functional groups attached to an aromatic ring is 1. The van der Waals surface area contributed by atoms with Crippen LogP contribution < -0.4 is 5.73 Å². The molecule has 1 aromatic rings. The van der Waals surface area contributed by atoms with Gasteiger partial charge >= 0.3 is 0 Å². The number of amides is 1. The van der Waals surface area contributed by atoms with Crippen LogP contribution in [-0.2, 0) is 0 Å². The number of anilines is 1. The molecule has 1 amide bonds. The largest absolute Gasteiger partial charge is 0.396 e. The second-order valence-electron chi connectivity index (χ2n) is 4.90. The number of halogens is 1. The highest BCUT2D eigenvalue weighted by Crippen LogP contribution is 2.22. The maximum Gasteiger partial charge on any atom is 0.253 e. The van der Waals surface area contributed by atoms with Gasteiger partial charge in [-0.05, 0) is 37.0 Å². The zero-order chi connectivity index (χ0) is 13.1. The lowest BCUT2D eigenvalue weighted by Gasteiger charge is -2.32. The van der Waals surface area contributed by atoms with E-state index in [4.69, 9.17) is 5.73 Å². The molecule has 18 heavy (non-hydrogen) atoms. The summed E-state index contributed by atoms with van der Waals surface area (Å²) in [6.07, 6.45) is 3.32. The molecule has 1 saturated heterocycles. The fraction of sp³-hybridized carbons (Fsp3) is 0.500. The van der Waals surface area contributed by atoms with Crippen LogP contribution in [0.15, 0.2) is 18.2 Å². The first kappa shape index (κ1) is 12.9. The van der Waals surface area contributed by atoms with Gasteiger partial charge in [-0.1, -0.05) is 13.3 Å². The molecule has 1 aromatic carbocycles. The van der Waals surface area contributed by atoms with Crippen molar-refractivity contribution in [3.63, 3.8) is 0 Å². The summed E-state index contributed by atoms with van der Waals surface area (Å²) in [5, 5.41) is 0. The molecular weight excluding hydrogens is 231 g/mol. The third-order valence-corrected chi connectivity index (χ3v) is 3.63. The average molecular weight is 250 g/mol. The van der Waals surface area contributed by atoms with E-state index >= 15 is 0 Å². The van der Waals surface area contributed by atoms with Crippen LogP contribution in [-0.4, -0.2) is 23.9 Å². The van der Waals surface area contributed by atoms with E-state index in [2.05, 4.69) is 6.92 Å². The SMILES string of the molecule is CCC1CCCN(C(=O)c2ccc(F)c(N)c2)C1. The zero-order valence-electron chi connectivity index (χ0n) is 10.7.